The molecule has 0 aliphatic carbocycles. The largest absolute Gasteiger partial charge is 0.480 e. The molecule has 2 amide bonds. The van der Waals surface area contributed by atoms with Crippen molar-refractivity contribution < 1.29 is 19.5 Å². The molecule has 23 heavy (non-hydrogen) atoms. The van der Waals surface area contributed by atoms with Crippen molar-refractivity contribution in [1.82, 2.24) is 10.6 Å². The van der Waals surface area contributed by atoms with E-state index < -0.39 is 24.0 Å². The van der Waals surface area contributed by atoms with E-state index in [0.717, 1.165) is 5.56 Å². The first-order valence-corrected chi connectivity index (χ1v) is 8.68. The average molecular weight is 338 g/mol. The second-order valence-electron chi connectivity index (χ2n) is 5.13. The lowest BCUT2D eigenvalue weighted by molar-refractivity contribution is -0.141. The molecule has 1 aromatic rings. The number of aliphatic carboxylic acids is 1. The van der Waals surface area contributed by atoms with E-state index in [9.17, 15) is 14.4 Å². The fraction of sp³-hybridized carbons (Fsp3) is 0.438. The molecule has 7 heteroatoms. The highest BCUT2D eigenvalue weighted by Crippen LogP contribution is 2.04. The van der Waals surface area contributed by atoms with E-state index in [1.54, 1.807) is 11.8 Å². The number of thioether (sulfide) groups is 1. The van der Waals surface area contributed by atoms with Crippen LogP contribution in [0.2, 0.25) is 0 Å². The number of carboxylic acids is 1. The molecule has 126 valence electrons. The van der Waals surface area contributed by atoms with Crippen molar-refractivity contribution in [1.29, 1.82) is 0 Å². The quantitative estimate of drug-likeness (QED) is 0.626. The van der Waals surface area contributed by atoms with Crippen LogP contribution in [0.1, 0.15) is 18.9 Å². The maximum atomic E-state index is 12.2. The van der Waals surface area contributed by atoms with Gasteiger partial charge in [0.25, 0.3) is 0 Å². The van der Waals surface area contributed by atoms with Gasteiger partial charge in [0.15, 0.2) is 0 Å². The van der Waals surface area contributed by atoms with Gasteiger partial charge in [-0.2, -0.15) is 11.8 Å². The van der Waals surface area contributed by atoms with Gasteiger partial charge in [0.1, 0.15) is 12.1 Å². The van der Waals surface area contributed by atoms with Crippen molar-refractivity contribution >= 4 is 29.5 Å². The molecule has 0 fully saturated rings. The van der Waals surface area contributed by atoms with Gasteiger partial charge in [-0.15, -0.1) is 0 Å². The standard InChI is InChI=1S/C16H22N2O4S/c1-11(16(21)22)17-15(20)13(8-9-23-2)18-14(19)10-12-6-4-3-5-7-12/h3-7,11,13H,8-10H2,1-2H3,(H,17,20)(H,18,19)(H,21,22)/t11-,13?/m0/s1. The van der Waals surface area contributed by atoms with Crippen molar-refractivity contribution in [2.45, 2.75) is 31.8 Å². The molecule has 0 bridgehead atoms. The number of benzene rings is 1. The number of amides is 2. The van der Waals surface area contributed by atoms with Crippen LogP contribution in [-0.4, -0.2) is 47.0 Å². The maximum absolute atomic E-state index is 12.2. The predicted molar refractivity (Wildman–Crippen MR) is 90.3 cm³/mol. The lowest BCUT2D eigenvalue weighted by atomic mass is 10.1. The Hall–Kier alpha value is -2.02. The number of carboxylic acid groups (broad SMARTS) is 1. The van der Waals surface area contributed by atoms with Crippen molar-refractivity contribution in [3.8, 4) is 0 Å². The zero-order valence-corrected chi connectivity index (χ0v) is 14.1. The molecule has 3 N–H and O–H groups in total. The van der Waals surface area contributed by atoms with Gasteiger partial charge in [-0.1, -0.05) is 30.3 Å². The molecule has 0 spiro atoms. The summed E-state index contributed by atoms with van der Waals surface area (Å²) in [5.41, 5.74) is 0.855. The summed E-state index contributed by atoms with van der Waals surface area (Å²) < 4.78 is 0. The maximum Gasteiger partial charge on any atom is 0.325 e. The molecular weight excluding hydrogens is 316 g/mol. The number of hydrogen-bond donors (Lipinski definition) is 3. The van der Waals surface area contributed by atoms with Gasteiger partial charge in [-0.25, -0.2) is 0 Å². The molecule has 1 unspecified atom stereocenters. The number of hydrogen-bond acceptors (Lipinski definition) is 4. The van der Waals surface area contributed by atoms with Crippen LogP contribution >= 0.6 is 11.8 Å². The van der Waals surface area contributed by atoms with E-state index in [1.807, 2.05) is 36.6 Å². The molecular formula is C16H22N2O4S. The van der Waals surface area contributed by atoms with Crippen LogP contribution in [0.3, 0.4) is 0 Å². The molecule has 2 atom stereocenters. The van der Waals surface area contributed by atoms with E-state index in [0.29, 0.717) is 12.2 Å². The number of carbonyl (C=O) groups excluding carboxylic acids is 2. The Morgan fingerprint density at radius 1 is 1.17 bits per heavy atom. The third-order valence-corrected chi connectivity index (χ3v) is 3.84. The van der Waals surface area contributed by atoms with Crippen molar-refractivity contribution in [2.24, 2.45) is 0 Å². The molecule has 0 aromatic heterocycles. The van der Waals surface area contributed by atoms with E-state index in [-0.39, 0.29) is 12.3 Å². The Morgan fingerprint density at radius 3 is 2.39 bits per heavy atom. The summed E-state index contributed by atoms with van der Waals surface area (Å²) in [7, 11) is 0. The SMILES string of the molecule is CSCCC(NC(=O)Cc1ccccc1)C(=O)N[C@@H](C)C(=O)O. The van der Waals surface area contributed by atoms with Gasteiger partial charge in [-0.05, 0) is 30.9 Å². The molecule has 6 nitrogen and oxygen atoms in total. The highest BCUT2D eigenvalue weighted by Gasteiger charge is 2.23. The highest BCUT2D eigenvalue weighted by atomic mass is 32.2. The third kappa shape index (κ3) is 7.19. The van der Waals surface area contributed by atoms with Crippen molar-refractivity contribution in [3.63, 3.8) is 0 Å². The summed E-state index contributed by atoms with van der Waals surface area (Å²) in [5, 5.41) is 13.9. The summed E-state index contributed by atoms with van der Waals surface area (Å²) in [6, 6.07) is 7.49. The van der Waals surface area contributed by atoms with Crippen LogP contribution in [0, 0.1) is 0 Å². The first-order chi connectivity index (χ1) is 10.9. The van der Waals surface area contributed by atoms with Crippen molar-refractivity contribution in [3.05, 3.63) is 35.9 Å². The zero-order chi connectivity index (χ0) is 17.2. The van der Waals surface area contributed by atoms with Gasteiger partial charge in [0.2, 0.25) is 11.8 Å². The first-order valence-electron chi connectivity index (χ1n) is 7.29. The Morgan fingerprint density at radius 2 is 1.83 bits per heavy atom. The second-order valence-corrected chi connectivity index (χ2v) is 6.12. The van der Waals surface area contributed by atoms with Crippen LogP contribution in [0.4, 0.5) is 0 Å². The smallest absolute Gasteiger partial charge is 0.325 e. The number of rotatable bonds is 9. The van der Waals surface area contributed by atoms with Crippen LogP contribution in [0.5, 0.6) is 0 Å². The minimum atomic E-state index is -1.11. The molecule has 0 saturated heterocycles. The zero-order valence-electron chi connectivity index (χ0n) is 13.2. The van der Waals surface area contributed by atoms with Gasteiger partial charge in [0.05, 0.1) is 6.42 Å². The summed E-state index contributed by atoms with van der Waals surface area (Å²) in [6.45, 7) is 1.39. The summed E-state index contributed by atoms with van der Waals surface area (Å²) >= 11 is 1.56. The normalized spacial score (nSPS) is 13.0. The van der Waals surface area contributed by atoms with E-state index >= 15 is 0 Å². The predicted octanol–water partition coefficient (Wildman–Crippen LogP) is 1.06. The fourth-order valence-corrected chi connectivity index (χ4v) is 2.38. The summed E-state index contributed by atoms with van der Waals surface area (Å²) in [4.78, 5) is 35.1. The van der Waals surface area contributed by atoms with Gasteiger partial charge in [0, 0.05) is 0 Å². The number of carbonyl (C=O) groups is 3. The van der Waals surface area contributed by atoms with Crippen LogP contribution in [-0.2, 0) is 20.8 Å². The number of nitrogens with one attached hydrogen (secondary N) is 2. The molecule has 0 heterocycles. The molecule has 0 aliphatic rings. The van der Waals surface area contributed by atoms with Gasteiger partial charge < -0.3 is 15.7 Å². The minimum absolute atomic E-state index is 0.179. The lowest BCUT2D eigenvalue weighted by Gasteiger charge is -2.19. The van der Waals surface area contributed by atoms with E-state index in [1.165, 1.54) is 6.92 Å². The van der Waals surface area contributed by atoms with Crippen LogP contribution < -0.4 is 10.6 Å². The third-order valence-electron chi connectivity index (χ3n) is 3.20. The Balaban J connectivity index is 2.64. The first kappa shape index (κ1) is 19.0. The Kier molecular flexibility index (Phi) is 8.18. The molecule has 0 aliphatic heterocycles. The molecule has 0 radical (unpaired) electrons. The monoisotopic (exact) mass is 338 g/mol. The van der Waals surface area contributed by atoms with Crippen LogP contribution in [0.15, 0.2) is 30.3 Å². The molecule has 0 saturated carbocycles. The highest BCUT2D eigenvalue weighted by molar-refractivity contribution is 7.98. The van der Waals surface area contributed by atoms with Crippen molar-refractivity contribution in [2.75, 3.05) is 12.0 Å². The summed E-state index contributed by atoms with van der Waals surface area (Å²) in [6.07, 6.45) is 2.53. The van der Waals surface area contributed by atoms with Crippen LogP contribution in [0.25, 0.3) is 0 Å². The average Bonchev–Trinajstić information content (AvgIpc) is 2.52. The summed E-state index contributed by atoms with van der Waals surface area (Å²) in [5.74, 6) is -1.17. The molecule has 1 aromatic carbocycles. The second kappa shape index (κ2) is 9.89. The van der Waals surface area contributed by atoms with E-state index in [4.69, 9.17) is 5.11 Å². The van der Waals surface area contributed by atoms with Gasteiger partial charge in [-0.3, -0.25) is 14.4 Å². The Bertz CT molecular complexity index is 536. The fourth-order valence-electron chi connectivity index (χ4n) is 1.91. The lowest BCUT2D eigenvalue weighted by Crippen LogP contribution is -2.51. The molecule has 1 rings (SSSR count). The van der Waals surface area contributed by atoms with E-state index in [2.05, 4.69) is 10.6 Å². The topological polar surface area (TPSA) is 95.5 Å². The Labute approximate surface area is 140 Å². The van der Waals surface area contributed by atoms with Gasteiger partial charge >= 0.3 is 5.97 Å². The minimum Gasteiger partial charge on any atom is -0.480 e.